The van der Waals surface area contributed by atoms with E-state index in [1.165, 1.54) is 6.07 Å². The van der Waals surface area contributed by atoms with Gasteiger partial charge in [0.25, 0.3) is 0 Å². The van der Waals surface area contributed by atoms with Crippen molar-refractivity contribution in [3.63, 3.8) is 0 Å². The van der Waals surface area contributed by atoms with Crippen LogP contribution in [0.2, 0.25) is 0 Å². The molecule has 0 fully saturated rings. The van der Waals surface area contributed by atoms with Gasteiger partial charge in [0.15, 0.2) is 0 Å². The topological polar surface area (TPSA) is 44.7 Å². The number of nitrogens with zero attached hydrogens (tertiary/aromatic N) is 2. The monoisotopic (exact) mass is 233 g/mol. The third kappa shape index (κ3) is 1.67. The summed E-state index contributed by atoms with van der Waals surface area (Å²) in [5, 5.41) is 2.63. The van der Waals surface area contributed by atoms with Gasteiger partial charge in [-0.25, -0.2) is 4.39 Å². The molecule has 1 atom stereocenters. The average Bonchev–Trinajstić information content (AvgIpc) is 2.46. The number of nitrogens with one attached hydrogen (secondary N) is 1. The van der Waals surface area contributed by atoms with Crippen molar-refractivity contribution in [1.29, 1.82) is 0 Å². The molecule has 17 heavy (non-hydrogen) atoms. The van der Waals surface area contributed by atoms with Crippen molar-refractivity contribution in [2.45, 2.75) is 12.5 Å². The number of carbonyl (C=O) groups is 1. The van der Waals surface area contributed by atoms with Crippen molar-refractivity contribution in [3.8, 4) is 0 Å². The summed E-state index contributed by atoms with van der Waals surface area (Å²) in [4.78, 5) is 17.9. The number of halogens is 1. The van der Waals surface area contributed by atoms with Crippen molar-refractivity contribution in [2.24, 2.45) is 4.99 Å². The molecule has 1 amide bonds. The summed E-state index contributed by atoms with van der Waals surface area (Å²) < 4.78 is 13.7. The highest BCUT2D eigenvalue weighted by molar-refractivity contribution is 5.99. The molecule has 0 radical (unpaired) electrons. The first-order chi connectivity index (χ1) is 8.25. The zero-order valence-corrected chi connectivity index (χ0v) is 9.19. The van der Waals surface area contributed by atoms with Gasteiger partial charge < -0.3 is 10.2 Å². The van der Waals surface area contributed by atoms with Crippen LogP contribution in [0, 0.1) is 5.82 Å². The summed E-state index contributed by atoms with van der Waals surface area (Å²) in [6.45, 7) is 1.40. The van der Waals surface area contributed by atoms with Gasteiger partial charge in [-0.2, -0.15) is 0 Å². The highest BCUT2D eigenvalue weighted by Crippen LogP contribution is 2.33. The molecule has 0 bridgehead atoms. The molecule has 1 N–H and O–H groups in total. The predicted molar refractivity (Wildman–Crippen MR) is 64.1 cm³/mol. The molecule has 2 heterocycles. The van der Waals surface area contributed by atoms with Crippen LogP contribution in [0.15, 0.2) is 23.2 Å². The Bertz CT molecular complexity index is 501. The van der Waals surface area contributed by atoms with Crippen molar-refractivity contribution in [2.75, 3.05) is 23.3 Å². The van der Waals surface area contributed by atoms with Crippen LogP contribution in [0.4, 0.5) is 15.8 Å². The zero-order valence-electron chi connectivity index (χ0n) is 9.19. The predicted octanol–water partition coefficient (Wildman–Crippen LogP) is 1.43. The Balaban J connectivity index is 2.13. The Morgan fingerprint density at radius 2 is 2.35 bits per heavy atom. The van der Waals surface area contributed by atoms with Gasteiger partial charge in [0.1, 0.15) is 11.5 Å². The second-order valence-electron chi connectivity index (χ2n) is 4.20. The highest BCUT2D eigenvalue weighted by Gasteiger charge is 2.29. The maximum Gasteiger partial charge on any atom is 0.226 e. The van der Waals surface area contributed by atoms with Gasteiger partial charge in [0.05, 0.1) is 24.7 Å². The molecular weight excluding hydrogens is 221 g/mol. The van der Waals surface area contributed by atoms with E-state index in [2.05, 4.69) is 10.3 Å². The molecule has 1 unspecified atom stereocenters. The third-order valence-electron chi connectivity index (χ3n) is 3.11. The average molecular weight is 233 g/mol. The molecule has 2 aliphatic heterocycles. The fraction of sp³-hybridized carbons (Fsp3) is 0.333. The molecule has 5 heteroatoms. The second kappa shape index (κ2) is 3.84. The fourth-order valence-electron chi connectivity index (χ4n) is 2.33. The van der Waals surface area contributed by atoms with E-state index in [4.69, 9.17) is 0 Å². The lowest BCUT2D eigenvalue weighted by Crippen LogP contribution is -2.41. The van der Waals surface area contributed by atoms with E-state index in [1.54, 1.807) is 12.3 Å². The van der Waals surface area contributed by atoms with E-state index in [9.17, 15) is 9.18 Å². The maximum atomic E-state index is 13.7. The van der Waals surface area contributed by atoms with Gasteiger partial charge in [-0.05, 0) is 12.1 Å². The first kappa shape index (κ1) is 10.3. The van der Waals surface area contributed by atoms with Gasteiger partial charge >= 0.3 is 0 Å². The number of carbonyl (C=O) groups excluding carboxylic acids is 1. The van der Waals surface area contributed by atoms with E-state index >= 15 is 0 Å². The minimum atomic E-state index is -0.390. The van der Waals surface area contributed by atoms with Crippen LogP contribution in [0.5, 0.6) is 0 Å². The lowest BCUT2D eigenvalue weighted by atomic mass is 10.1. The van der Waals surface area contributed by atoms with E-state index in [-0.39, 0.29) is 23.5 Å². The first-order valence-corrected chi connectivity index (χ1v) is 5.60. The van der Waals surface area contributed by atoms with E-state index in [0.717, 1.165) is 5.69 Å². The Morgan fingerprint density at radius 3 is 3.24 bits per heavy atom. The van der Waals surface area contributed by atoms with Crippen molar-refractivity contribution >= 4 is 23.5 Å². The molecule has 0 saturated heterocycles. The molecule has 2 aliphatic rings. The summed E-state index contributed by atoms with van der Waals surface area (Å²) in [5.74, 6) is -0.559. The number of benzene rings is 1. The molecule has 3 rings (SSSR count). The van der Waals surface area contributed by atoms with Crippen LogP contribution in [0.25, 0.3) is 0 Å². The lowest BCUT2D eigenvalue weighted by Gasteiger charge is -2.32. The highest BCUT2D eigenvalue weighted by atomic mass is 19.1. The van der Waals surface area contributed by atoms with Crippen LogP contribution in [0.3, 0.4) is 0 Å². The summed E-state index contributed by atoms with van der Waals surface area (Å²) in [5.41, 5.74) is 1.03. The van der Waals surface area contributed by atoms with Gasteiger partial charge in [-0.1, -0.05) is 6.07 Å². The number of aliphatic imine (C=N–C) groups is 1. The molecule has 0 aromatic heterocycles. The Hall–Kier alpha value is -1.91. The summed E-state index contributed by atoms with van der Waals surface area (Å²) >= 11 is 0. The Labute approximate surface area is 98.1 Å². The Kier molecular flexibility index (Phi) is 2.31. The van der Waals surface area contributed by atoms with Crippen LogP contribution in [-0.4, -0.2) is 31.3 Å². The molecule has 0 aliphatic carbocycles. The summed E-state index contributed by atoms with van der Waals surface area (Å²) in [6.07, 6.45) is 2.10. The number of para-hydroxylation sites is 1. The van der Waals surface area contributed by atoms with Crippen LogP contribution in [-0.2, 0) is 4.79 Å². The fourth-order valence-corrected chi connectivity index (χ4v) is 2.33. The Morgan fingerprint density at radius 1 is 1.47 bits per heavy atom. The van der Waals surface area contributed by atoms with Crippen LogP contribution in [0.1, 0.15) is 6.42 Å². The normalized spacial score (nSPS) is 22.5. The van der Waals surface area contributed by atoms with Gasteiger partial charge in [0, 0.05) is 12.8 Å². The molecule has 1 aromatic carbocycles. The van der Waals surface area contributed by atoms with E-state index in [0.29, 0.717) is 19.5 Å². The molecule has 1 aromatic rings. The molecule has 0 saturated carbocycles. The standard InChI is InChI=1S/C12H12FN3O/c13-9-2-1-3-10-12(9)15-11(17)6-8-7-14-4-5-16(8)10/h1-3,7-8H,4-6H2,(H,15,17). The number of rotatable bonds is 0. The molecule has 4 nitrogen and oxygen atoms in total. The van der Waals surface area contributed by atoms with E-state index < -0.39 is 0 Å². The van der Waals surface area contributed by atoms with Gasteiger partial charge in [-0.15, -0.1) is 0 Å². The number of anilines is 2. The number of fused-ring (bicyclic) bond motifs is 3. The smallest absolute Gasteiger partial charge is 0.226 e. The third-order valence-corrected chi connectivity index (χ3v) is 3.11. The molecule has 0 spiro atoms. The van der Waals surface area contributed by atoms with E-state index in [1.807, 2.05) is 11.0 Å². The van der Waals surface area contributed by atoms with Crippen molar-refractivity contribution < 1.29 is 9.18 Å². The van der Waals surface area contributed by atoms with Crippen molar-refractivity contribution in [3.05, 3.63) is 24.0 Å². The number of hydrogen-bond donors (Lipinski definition) is 1. The van der Waals surface area contributed by atoms with Gasteiger partial charge in [-0.3, -0.25) is 9.79 Å². The summed E-state index contributed by atoms with van der Waals surface area (Å²) in [6, 6.07) is 4.79. The van der Waals surface area contributed by atoms with Crippen LogP contribution < -0.4 is 10.2 Å². The van der Waals surface area contributed by atoms with Crippen LogP contribution >= 0.6 is 0 Å². The molecular formula is C12H12FN3O. The number of amides is 1. The van der Waals surface area contributed by atoms with Crippen molar-refractivity contribution in [1.82, 2.24) is 0 Å². The quantitative estimate of drug-likeness (QED) is 0.736. The minimum absolute atomic E-state index is 0.0631. The zero-order chi connectivity index (χ0) is 11.8. The summed E-state index contributed by atoms with van der Waals surface area (Å²) in [7, 11) is 0. The number of hydrogen-bond acceptors (Lipinski definition) is 3. The minimum Gasteiger partial charge on any atom is -0.359 e. The largest absolute Gasteiger partial charge is 0.359 e. The SMILES string of the molecule is O=C1CC2C=NCCN2c2cccc(F)c2N1. The maximum absolute atomic E-state index is 13.7. The second-order valence-corrected chi connectivity index (χ2v) is 4.20. The lowest BCUT2D eigenvalue weighted by molar-refractivity contribution is -0.116. The molecule has 88 valence electrons. The first-order valence-electron chi connectivity index (χ1n) is 5.60. The van der Waals surface area contributed by atoms with Gasteiger partial charge in [0.2, 0.25) is 5.91 Å².